The molecule has 0 aliphatic carbocycles. The molecule has 5 aromatic rings. The predicted molar refractivity (Wildman–Crippen MR) is 229 cm³/mol. The van der Waals surface area contributed by atoms with Crippen LogP contribution in [0.4, 0.5) is 17.6 Å². The Morgan fingerprint density at radius 2 is 1.83 bits per heavy atom. The first-order valence-electron chi connectivity index (χ1n) is 19.3. The lowest BCUT2D eigenvalue weighted by Crippen LogP contribution is -2.38. The number of aliphatic imine (C=N–C) groups is 1. The summed E-state index contributed by atoms with van der Waals surface area (Å²) in [5.41, 5.74) is 24.8. The summed E-state index contributed by atoms with van der Waals surface area (Å²) in [4.78, 5) is 64.3. The third-order valence-electron chi connectivity index (χ3n) is 9.26. The fraction of sp³-hybridized carbons (Fsp3) is 0.350. The second kappa shape index (κ2) is 19.5. The van der Waals surface area contributed by atoms with Crippen molar-refractivity contribution in [1.29, 1.82) is 0 Å². The number of imidazole rings is 2. The van der Waals surface area contributed by atoms with Crippen LogP contribution in [-0.2, 0) is 29.2 Å². The number of hydrogen-bond donors (Lipinski definition) is 7. The van der Waals surface area contributed by atoms with E-state index in [4.69, 9.17) is 31.7 Å². The number of carbonyl (C=O) groups excluding carboxylic acids is 4. The minimum atomic E-state index is -0.693. The molecule has 0 spiro atoms. The summed E-state index contributed by atoms with van der Waals surface area (Å²) in [7, 11) is 4.79. The number of anilines is 3. The molecule has 20 heteroatoms. The van der Waals surface area contributed by atoms with E-state index in [9.17, 15) is 19.2 Å². The summed E-state index contributed by atoms with van der Waals surface area (Å²) < 4.78 is 17.1. The first-order valence-corrected chi connectivity index (χ1v) is 19.3. The van der Waals surface area contributed by atoms with Crippen LogP contribution in [0.5, 0.6) is 11.5 Å². The van der Waals surface area contributed by atoms with Gasteiger partial charge in [-0.1, -0.05) is 12.2 Å². The molecule has 0 aliphatic heterocycles. The molecule has 4 amide bonds. The molecular weight excluding hydrogens is 773 g/mol. The van der Waals surface area contributed by atoms with Gasteiger partial charge in [0.1, 0.15) is 28.2 Å². The number of hydrogen-bond acceptors (Lipinski definition) is 12. The van der Waals surface area contributed by atoms with E-state index in [1.54, 1.807) is 66.0 Å². The van der Waals surface area contributed by atoms with Crippen LogP contribution in [0.1, 0.15) is 60.2 Å². The van der Waals surface area contributed by atoms with Gasteiger partial charge in [-0.25, -0.2) is 30.1 Å². The molecule has 2 aromatic carbocycles. The average Bonchev–Trinajstić information content (AvgIpc) is 3.88. The number of nitrogen functional groups attached to an aromatic ring is 1. The summed E-state index contributed by atoms with van der Waals surface area (Å²) in [5, 5.41) is 11.6. The lowest BCUT2D eigenvalue weighted by molar-refractivity contribution is -0.646. The van der Waals surface area contributed by atoms with Crippen molar-refractivity contribution < 1.29 is 33.2 Å². The van der Waals surface area contributed by atoms with Crippen molar-refractivity contribution in [3.05, 3.63) is 71.2 Å². The third kappa shape index (κ3) is 10.1. The Morgan fingerprint density at radius 1 is 1.07 bits per heavy atom. The Kier molecular flexibility index (Phi) is 14.3. The number of benzene rings is 2. The number of nitrogens with one attached hydrogen (secondary N) is 4. The summed E-state index contributed by atoms with van der Waals surface area (Å²) in [6, 6.07) is 8.16. The number of aromatic amines is 1. The molecular formula is C40H53N14O6+. The van der Waals surface area contributed by atoms with Gasteiger partial charge < -0.3 is 31.2 Å². The van der Waals surface area contributed by atoms with E-state index < -0.39 is 17.7 Å². The molecule has 5 rings (SSSR count). The molecule has 3 heterocycles. The molecule has 0 atom stereocenters. The third-order valence-corrected chi connectivity index (χ3v) is 9.26. The van der Waals surface area contributed by atoms with Gasteiger partial charge in [0.15, 0.2) is 11.3 Å². The largest absolute Gasteiger partial charge is 0.494 e. The van der Waals surface area contributed by atoms with Gasteiger partial charge in [0.25, 0.3) is 5.91 Å². The molecule has 0 unspecified atom stereocenters. The number of primary amides is 1. The zero-order valence-electron chi connectivity index (χ0n) is 34.9. The van der Waals surface area contributed by atoms with Crippen LogP contribution in [0.2, 0.25) is 0 Å². The predicted octanol–water partition coefficient (Wildman–Crippen LogP) is 2.54. The maximum Gasteiger partial charge on any atom is 0.363 e. The van der Waals surface area contributed by atoms with Crippen molar-refractivity contribution in [3.8, 4) is 11.5 Å². The molecule has 10 N–H and O–H groups in total. The van der Waals surface area contributed by atoms with Crippen LogP contribution in [0.15, 0.2) is 59.2 Å². The minimum absolute atomic E-state index is 0.108. The maximum absolute atomic E-state index is 13.6. The number of amides is 4. The summed E-state index contributed by atoms with van der Waals surface area (Å²) in [6.07, 6.45) is 5.75. The van der Waals surface area contributed by atoms with E-state index in [2.05, 4.69) is 31.1 Å². The second-order valence-corrected chi connectivity index (χ2v) is 13.7. The van der Waals surface area contributed by atoms with Crippen molar-refractivity contribution in [2.45, 2.75) is 60.2 Å². The molecule has 0 aliphatic rings. The number of rotatable bonds is 19. The molecule has 0 saturated heterocycles. The van der Waals surface area contributed by atoms with E-state index in [1.165, 1.54) is 24.3 Å². The van der Waals surface area contributed by atoms with E-state index in [0.717, 1.165) is 0 Å². The number of fused-ring (bicyclic) bond motifs is 2. The highest BCUT2D eigenvalue weighted by Crippen LogP contribution is 2.32. The van der Waals surface area contributed by atoms with Gasteiger partial charge in [-0.2, -0.15) is 5.10 Å². The molecule has 318 valence electrons. The topological polar surface area (TPSA) is 272 Å². The van der Waals surface area contributed by atoms with Crippen LogP contribution in [0, 0.1) is 6.92 Å². The number of carbonyl (C=O) groups is 4. The van der Waals surface area contributed by atoms with E-state index in [-0.39, 0.29) is 60.9 Å². The Labute approximate surface area is 346 Å². The number of methoxy groups -OCH3 is 1. The molecule has 0 fully saturated rings. The van der Waals surface area contributed by atoms with Crippen molar-refractivity contribution in [2.75, 3.05) is 50.7 Å². The quantitative estimate of drug-likeness (QED) is 0.0159. The van der Waals surface area contributed by atoms with Crippen LogP contribution >= 0.6 is 0 Å². The van der Waals surface area contributed by atoms with Crippen LogP contribution in [0.3, 0.4) is 0 Å². The number of H-pyrrole nitrogens is 1. The van der Waals surface area contributed by atoms with Crippen molar-refractivity contribution in [1.82, 2.24) is 34.8 Å². The smallest absolute Gasteiger partial charge is 0.363 e. The molecule has 0 bridgehead atoms. The number of ether oxygens (including phenoxy) is 2. The van der Waals surface area contributed by atoms with Gasteiger partial charge in [0, 0.05) is 63.2 Å². The second-order valence-electron chi connectivity index (χ2n) is 13.7. The molecule has 20 nitrogen and oxygen atoms in total. The first-order chi connectivity index (χ1) is 28.7. The maximum atomic E-state index is 13.6. The van der Waals surface area contributed by atoms with Gasteiger partial charge in [0.2, 0.25) is 17.8 Å². The Hall–Kier alpha value is -7.22. The van der Waals surface area contributed by atoms with Crippen LogP contribution in [-0.4, -0.2) is 93.0 Å². The SMILES string of the molecule is CCN=C(/C=C(/C)N)C(=O)Nc1[nH]c2cc(C(N)=O)cc(OCCCC(=O)N(C)NC)c2[n+]1C/C=C/Cn1c(NC(=O)c2cc(C)nn2CC)nc2cc(N)cc(OC)c21. The van der Waals surface area contributed by atoms with Crippen molar-refractivity contribution in [3.63, 3.8) is 0 Å². The van der Waals surface area contributed by atoms with E-state index in [0.29, 0.717) is 70.1 Å². The van der Waals surface area contributed by atoms with Crippen molar-refractivity contribution >= 4 is 69.0 Å². The van der Waals surface area contributed by atoms with Gasteiger partial charge in [-0.05, 0) is 64.5 Å². The number of nitrogens with zero attached hydrogens (tertiary/aromatic N) is 7. The highest BCUT2D eigenvalue weighted by Gasteiger charge is 2.27. The molecule has 3 aromatic heterocycles. The van der Waals surface area contributed by atoms with Gasteiger partial charge in [-0.15, -0.1) is 0 Å². The Balaban J connectivity index is 1.55. The van der Waals surface area contributed by atoms with E-state index >= 15 is 0 Å². The highest BCUT2D eigenvalue weighted by atomic mass is 16.5. The minimum Gasteiger partial charge on any atom is -0.494 e. The van der Waals surface area contributed by atoms with Crippen molar-refractivity contribution in [2.24, 2.45) is 16.5 Å². The zero-order valence-corrected chi connectivity index (χ0v) is 34.9. The highest BCUT2D eigenvalue weighted by molar-refractivity contribution is 6.47. The molecule has 0 saturated carbocycles. The fourth-order valence-electron chi connectivity index (χ4n) is 6.43. The van der Waals surface area contributed by atoms with Gasteiger partial charge in [0.05, 0.1) is 31.5 Å². The molecule has 60 heavy (non-hydrogen) atoms. The van der Waals surface area contributed by atoms with Gasteiger partial charge in [-0.3, -0.25) is 34.4 Å². The monoisotopic (exact) mass is 825 g/mol. The Bertz CT molecular complexity index is 2510. The lowest BCUT2D eigenvalue weighted by Gasteiger charge is -2.15. The molecule has 0 radical (unpaired) electrons. The number of allylic oxidation sites excluding steroid dienone is 3. The standard InChI is InChI=1S/C40H52N14O6/c1-8-45-29(17-23(3)41)37(57)48-39-46-27-19-25(36(43)56)20-32(60-16-12-13-33(55)51(6)44-5)35(27)53(39)15-11-10-14-52-34-28(21-26(42)22-31(34)59-7)47-40(52)49-38(58)30-18-24(4)50-54(30)9-2/h10-11,17-22,44H,8-9,12-16,42H2,1-7H3,(H6,41,43,45,46,47,48,49,56,57,58)/p+1/b11-10+. The van der Waals surface area contributed by atoms with Crippen LogP contribution in [0.25, 0.3) is 22.1 Å². The summed E-state index contributed by atoms with van der Waals surface area (Å²) >= 11 is 0. The normalized spacial score (nSPS) is 12.1. The van der Waals surface area contributed by atoms with Gasteiger partial charge >= 0.3 is 11.9 Å². The first kappa shape index (κ1) is 43.9. The van der Waals surface area contributed by atoms with E-state index in [1.807, 2.05) is 26.0 Å². The Morgan fingerprint density at radius 3 is 2.50 bits per heavy atom. The average molecular weight is 826 g/mol. The number of nitrogens with two attached hydrogens (primary N) is 3. The zero-order chi connectivity index (χ0) is 43.7. The number of hydrazine groups is 1. The summed E-state index contributed by atoms with van der Waals surface area (Å²) in [6.45, 7) is 8.49. The number of aromatic nitrogens is 6. The fourth-order valence-corrected chi connectivity index (χ4v) is 6.43. The van der Waals surface area contributed by atoms with Crippen LogP contribution < -0.4 is 47.3 Å². The summed E-state index contributed by atoms with van der Waals surface area (Å²) in [5.74, 6) is -0.527. The lowest BCUT2D eigenvalue weighted by atomic mass is 10.1. The number of aryl methyl sites for hydroxylation is 2.